The van der Waals surface area contributed by atoms with Crippen molar-refractivity contribution in [3.8, 4) is 5.75 Å². The monoisotopic (exact) mass is 160 g/mol. The van der Waals surface area contributed by atoms with Crippen molar-refractivity contribution in [1.82, 2.24) is 0 Å². The van der Waals surface area contributed by atoms with Crippen molar-refractivity contribution < 1.29 is 4.74 Å². The van der Waals surface area contributed by atoms with Gasteiger partial charge in [0, 0.05) is 0 Å². The van der Waals surface area contributed by atoms with Crippen LogP contribution in [0.15, 0.2) is 43.0 Å². The molecule has 0 bridgehead atoms. The molecule has 0 unspecified atom stereocenters. The minimum atomic E-state index is 0.876. The molecule has 0 saturated carbocycles. The van der Waals surface area contributed by atoms with Crippen molar-refractivity contribution in [2.45, 2.75) is 0 Å². The summed E-state index contributed by atoms with van der Waals surface area (Å²) >= 11 is 0. The number of ether oxygens (including phenoxy) is 1. The minimum absolute atomic E-state index is 0.876. The zero-order valence-electron chi connectivity index (χ0n) is 7.16. The number of hydrogen-bond acceptors (Lipinski definition) is 1. The molecule has 0 N–H and O–H groups in total. The Hall–Kier alpha value is -1.50. The van der Waals surface area contributed by atoms with Gasteiger partial charge in [0.05, 0.1) is 7.11 Å². The number of benzene rings is 1. The van der Waals surface area contributed by atoms with Gasteiger partial charge in [-0.05, 0) is 17.7 Å². The third kappa shape index (κ3) is 2.27. The number of hydrogen-bond donors (Lipinski definition) is 0. The zero-order valence-corrected chi connectivity index (χ0v) is 7.16. The van der Waals surface area contributed by atoms with E-state index in [1.165, 1.54) is 0 Å². The lowest BCUT2D eigenvalue weighted by atomic mass is 10.2. The maximum atomic E-state index is 5.08. The molecule has 1 heteroatoms. The van der Waals surface area contributed by atoms with Gasteiger partial charge in [0.1, 0.15) is 5.75 Å². The van der Waals surface area contributed by atoms with Gasteiger partial charge in [0.2, 0.25) is 0 Å². The Labute approximate surface area is 73.0 Å². The Morgan fingerprint density at radius 2 is 2.25 bits per heavy atom. The van der Waals surface area contributed by atoms with E-state index in [2.05, 4.69) is 6.58 Å². The molecule has 0 spiro atoms. The van der Waals surface area contributed by atoms with Crippen LogP contribution in [0, 0.1) is 0 Å². The third-order valence-electron chi connectivity index (χ3n) is 1.52. The molecule has 0 atom stereocenters. The molecule has 0 aliphatic heterocycles. The predicted molar refractivity (Wildman–Crippen MR) is 52.2 cm³/mol. The lowest BCUT2D eigenvalue weighted by Gasteiger charge is -1.99. The standard InChI is InChI=1S/C11H12O/c1-3-4-6-10-7-5-8-11(9-10)12-2/h3-9H,1H2,2H3. The molecule has 0 amide bonds. The average Bonchev–Trinajstić information content (AvgIpc) is 2.15. The van der Waals surface area contributed by atoms with Gasteiger partial charge < -0.3 is 4.74 Å². The van der Waals surface area contributed by atoms with Gasteiger partial charge in [0.15, 0.2) is 0 Å². The molecule has 1 rings (SSSR count). The summed E-state index contributed by atoms with van der Waals surface area (Å²) in [5.74, 6) is 0.876. The average molecular weight is 160 g/mol. The summed E-state index contributed by atoms with van der Waals surface area (Å²) in [6, 6.07) is 7.87. The molecule has 0 aliphatic rings. The topological polar surface area (TPSA) is 9.23 Å². The summed E-state index contributed by atoms with van der Waals surface area (Å²) < 4.78 is 5.08. The lowest BCUT2D eigenvalue weighted by molar-refractivity contribution is 0.414. The van der Waals surface area contributed by atoms with E-state index in [1.807, 2.05) is 36.4 Å². The van der Waals surface area contributed by atoms with Crippen LogP contribution in [0.5, 0.6) is 5.75 Å². The normalized spacial score (nSPS) is 10.1. The van der Waals surface area contributed by atoms with E-state index in [9.17, 15) is 0 Å². The molecular weight excluding hydrogens is 148 g/mol. The largest absolute Gasteiger partial charge is 0.497 e. The molecule has 62 valence electrons. The van der Waals surface area contributed by atoms with Gasteiger partial charge in [0.25, 0.3) is 0 Å². The fraction of sp³-hybridized carbons (Fsp3) is 0.0909. The van der Waals surface area contributed by atoms with Crippen molar-refractivity contribution in [2.75, 3.05) is 7.11 Å². The highest BCUT2D eigenvalue weighted by molar-refractivity contribution is 5.52. The fourth-order valence-electron chi connectivity index (χ4n) is 0.924. The second-order valence-corrected chi connectivity index (χ2v) is 2.37. The van der Waals surface area contributed by atoms with Crippen LogP contribution in [0.25, 0.3) is 6.08 Å². The first-order chi connectivity index (χ1) is 5.86. The minimum Gasteiger partial charge on any atom is -0.497 e. The number of allylic oxidation sites excluding steroid dienone is 2. The summed E-state index contributed by atoms with van der Waals surface area (Å²) in [6.07, 6.45) is 5.63. The Bertz CT molecular complexity index is 287. The zero-order chi connectivity index (χ0) is 8.81. The van der Waals surface area contributed by atoms with Crippen molar-refractivity contribution in [1.29, 1.82) is 0 Å². The van der Waals surface area contributed by atoms with Crippen LogP contribution >= 0.6 is 0 Å². The molecular formula is C11H12O. The van der Waals surface area contributed by atoms with Crippen LogP contribution in [-0.2, 0) is 0 Å². The van der Waals surface area contributed by atoms with E-state index in [0.717, 1.165) is 11.3 Å². The van der Waals surface area contributed by atoms with Crippen molar-refractivity contribution in [3.05, 3.63) is 48.6 Å². The van der Waals surface area contributed by atoms with Gasteiger partial charge in [-0.3, -0.25) is 0 Å². The smallest absolute Gasteiger partial charge is 0.119 e. The second-order valence-electron chi connectivity index (χ2n) is 2.37. The Kier molecular flexibility index (Phi) is 3.15. The summed E-state index contributed by atoms with van der Waals surface area (Å²) in [5, 5.41) is 0. The third-order valence-corrected chi connectivity index (χ3v) is 1.52. The van der Waals surface area contributed by atoms with Crippen LogP contribution in [0.1, 0.15) is 5.56 Å². The van der Waals surface area contributed by atoms with Gasteiger partial charge in [-0.2, -0.15) is 0 Å². The van der Waals surface area contributed by atoms with Crippen LogP contribution in [-0.4, -0.2) is 7.11 Å². The Morgan fingerprint density at radius 3 is 2.92 bits per heavy atom. The highest BCUT2D eigenvalue weighted by Gasteiger charge is 1.89. The summed E-state index contributed by atoms with van der Waals surface area (Å²) in [4.78, 5) is 0. The van der Waals surface area contributed by atoms with Gasteiger partial charge in [-0.1, -0.05) is 36.9 Å². The molecule has 0 radical (unpaired) electrons. The van der Waals surface area contributed by atoms with Crippen molar-refractivity contribution in [2.24, 2.45) is 0 Å². The molecule has 1 aromatic carbocycles. The molecule has 1 nitrogen and oxygen atoms in total. The summed E-state index contributed by atoms with van der Waals surface area (Å²) in [7, 11) is 1.66. The lowest BCUT2D eigenvalue weighted by Crippen LogP contribution is -1.81. The number of rotatable bonds is 3. The maximum Gasteiger partial charge on any atom is 0.119 e. The van der Waals surface area contributed by atoms with E-state index in [-0.39, 0.29) is 0 Å². The molecule has 0 aliphatic carbocycles. The van der Waals surface area contributed by atoms with Crippen LogP contribution in [0.3, 0.4) is 0 Å². The van der Waals surface area contributed by atoms with Crippen molar-refractivity contribution >= 4 is 6.08 Å². The summed E-state index contributed by atoms with van der Waals surface area (Å²) in [5.41, 5.74) is 1.12. The second kappa shape index (κ2) is 4.39. The van der Waals surface area contributed by atoms with Crippen LogP contribution in [0.2, 0.25) is 0 Å². The quantitative estimate of drug-likeness (QED) is 0.618. The van der Waals surface area contributed by atoms with E-state index in [1.54, 1.807) is 13.2 Å². The predicted octanol–water partition coefficient (Wildman–Crippen LogP) is 2.89. The first-order valence-corrected chi connectivity index (χ1v) is 3.80. The van der Waals surface area contributed by atoms with Gasteiger partial charge >= 0.3 is 0 Å². The van der Waals surface area contributed by atoms with Gasteiger partial charge in [-0.15, -0.1) is 0 Å². The van der Waals surface area contributed by atoms with Crippen LogP contribution in [0.4, 0.5) is 0 Å². The van der Waals surface area contributed by atoms with E-state index in [0.29, 0.717) is 0 Å². The summed E-state index contributed by atoms with van der Waals surface area (Å²) in [6.45, 7) is 3.60. The molecule has 12 heavy (non-hydrogen) atoms. The fourth-order valence-corrected chi connectivity index (χ4v) is 0.924. The highest BCUT2D eigenvalue weighted by Crippen LogP contribution is 2.13. The molecule has 0 heterocycles. The van der Waals surface area contributed by atoms with E-state index < -0.39 is 0 Å². The molecule has 1 aromatic rings. The first kappa shape index (κ1) is 8.60. The van der Waals surface area contributed by atoms with Crippen LogP contribution < -0.4 is 4.74 Å². The van der Waals surface area contributed by atoms with E-state index >= 15 is 0 Å². The molecule has 0 aromatic heterocycles. The SMILES string of the molecule is C=CC=Cc1cccc(OC)c1. The molecule has 0 fully saturated rings. The number of methoxy groups -OCH3 is 1. The Balaban J connectivity index is 2.86. The maximum absolute atomic E-state index is 5.08. The Morgan fingerprint density at radius 1 is 1.42 bits per heavy atom. The van der Waals surface area contributed by atoms with Gasteiger partial charge in [-0.25, -0.2) is 0 Å². The van der Waals surface area contributed by atoms with E-state index in [4.69, 9.17) is 4.74 Å². The first-order valence-electron chi connectivity index (χ1n) is 3.80. The molecule has 0 saturated heterocycles. The van der Waals surface area contributed by atoms with Crippen molar-refractivity contribution in [3.63, 3.8) is 0 Å². The highest BCUT2D eigenvalue weighted by atomic mass is 16.5.